The zero-order valence-electron chi connectivity index (χ0n) is 13.7. The molecule has 1 aliphatic rings. The minimum absolute atomic E-state index is 0.411. The van der Waals surface area contributed by atoms with Crippen molar-refractivity contribution in [2.45, 2.75) is 64.6 Å². The van der Waals surface area contributed by atoms with Crippen molar-refractivity contribution in [3.05, 3.63) is 29.8 Å². The van der Waals surface area contributed by atoms with Crippen LogP contribution in [0.3, 0.4) is 0 Å². The highest BCUT2D eigenvalue weighted by Gasteiger charge is 2.31. The predicted molar refractivity (Wildman–Crippen MR) is 88.6 cm³/mol. The summed E-state index contributed by atoms with van der Waals surface area (Å²) in [6.45, 7) is 8.30. The lowest BCUT2D eigenvalue weighted by molar-refractivity contribution is 0.0570. The molecular weight excluding hydrogens is 260 g/mol. The van der Waals surface area contributed by atoms with Crippen LogP contribution in [-0.2, 0) is 0 Å². The van der Waals surface area contributed by atoms with Crippen LogP contribution in [0, 0.1) is 0 Å². The maximum absolute atomic E-state index is 5.99. The topological polar surface area (TPSA) is 38.5 Å². The predicted octanol–water partition coefficient (Wildman–Crippen LogP) is 3.74. The first-order valence-electron chi connectivity index (χ1n) is 8.37. The summed E-state index contributed by atoms with van der Waals surface area (Å²) < 4.78 is 5.67. The van der Waals surface area contributed by atoms with Crippen molar-refractivity contribution in [2.24, 2.45) is 5.73 Å². The summed E-state index contributed by atoms with van der Waals surface area (Å²) in [4.78, 5) is 2.60. The number of nitrogens with two attached hydrogens (primary N) is 1. The maximum Gasteiger partial charge on any atom is 0.119 e. The van der Waals surface area contributed by atoms with Crippen LogP contribution in [0.5, 0.6) is 5.75 Å². The largest absolute Gasteiger partial charge is 0.494 e. The zero-order chi connectivity index (χ0) is 15.2. The van der Waals surface area contributed by atoms with Gasteiger partial charge in [-0.15, -0.1) is 0 Å². The third-order valence-corrected chi connectivity index (χ3v) is 4.64. The van der Waals surface area contributed by atoms with Gasteiger partial charge in [-0.05, 0) is 50.8 Å². The van der Waals surface area contributed by atoms with Crippen molar-refractivity contribution in [3.8, 4) is 5.75 Å². The summed E-state index contributed by atoms with van der Waals surface area (Å²) in [6.07, 6.45) is 4.85. The highest BCUT2D eigenvalue weighted by molar-refractivity contribution is 5.29. The smallest absolute Gasteiger partial charge is 0.119 e. The summed E-state index contributed by atoms with van der Waals surface area (Å²) in [7, 11) is 0. The van der Waals surface area contributed by atoms with Gasteiger partial charge in [0, 0.05) is 24.7 Å². The van der Waals surface area contributed by atoms with E-state index in [1.807, 2.05) is 0 Å². The van der Waals surface area contributed by atoms with Gasteiger partial charge in [0.1, 0.15) is 5.75 Å². The van der Waals surface area contributed by atoms with Gasteiger partial charge in [0.05, 0.1) is 6.61 Å². The molecule has 0 aromatic heterocycles. The van der Waals surface area contributed by atoms with E-state index >= 15 is 0 Å². The van der Waals surface area contributed by atoms with E-state index in [2.05, 4.69) is 49.9 Å². The second-order valence-electron chi connectivity index (χ2n) is 6.21. The molecule has 0 amide bonds. The molecule has 1 aromatic rings. The van der Waals surface area contributed by atoms with Crippen LogP contribution in [0.25, 0.3) is 0 Å². The molecule has 0 radical (unpaired) electrons. The van der Waals surface area contributed by atoms with Crippen molar-refractivity contribution in [2.75, 3.05) is 13.2 Å². The van der Waals surface area contributed by atoms with Crippen LogP contribution in [-0.4, -0.2) is 30.1 Å². The van der Waals surface area contributed by atoms with Crippen LogP contribution >= 0.6 is 0 Å². The molecule has 1 aliphatic heterocycles. The number of piperidine rings is 1. The average molecular weight is 290 g/mol. The number of rotatable bonds is 6. The maximum atomic E-state index is 5.99. The Morgan fingerprint density at radius 3 is 2.62 bits per heavy atom. The summed E-state index contributed by atoms with van der Waals surface area (Å²) >= 11 is 0. The SMILES string of the molecule is CCCOc1ccc(C(C)N2C(C)CCCC2CN)cc1. The van der Waals surface area contributed by atoms with Crippen LogP contribution < -0.4 is 10.5 Å². The minimum atomic E-state index is 0.411. The summed E-state index contributed by atoms with van der Waals surface area (Å²) in [5, 5.41) is 0. The van der Waals surface area contributed by atoms with Crippen molar-refractivity contribution < 1.29 is 4.74 Å². The molecule has 1 heterocycles. The van der Waals surface area contributed by atoms with E-state index < -0.39 is 0 Å². The Morgan fingerprint density at radius 1 is 1.29 bits per heavy atom. The van der Waals surface area contributed by atoms with Crippen molar-refractivity contribution >= 4 is 0 Å². The van der Waals surface area contributed by atoms with Gasteiger partial charge < -0.3 is 10.5 Å². The molecule has 1 saturated heterocycles. The number of ether oxygens (including phenoxy) is 1. The normalized spacial score (nSPS) is 24.8. The highest BCUT2D eigenvalue weighted by Crippen LogP contribution is 2.32. The Labute approximate surface area is 129 Å². The molecule has 0 aliphatic carbocycles. The number of likely N-dealkylation sites (tertiary alicyclic amines) is 1. The van der Waals surface area contributed by atoms with Crippen LogP contribution in [0.1, 0.15) is 58.1 Å². The lowest BCUT2D eigenvalue weighted by Gasteiger charge is -2.44. The Balaban J connectivity index is 2.08. The van der Waals surface area contributed by atoms with Crippen molar-refractivity contribution in [1.29, 1.82) is 0 Å². The van der Waals surface area contributed by atoms with Gasteiger partial charge in [-0.2, -0.15) is 0 Å². The van der Waals surface area contributed by atoms with E-state index in [1.54, 1.807) is 0 Å². The van der Waals surface area contributed by atoms with Crippen LogP contribution in [0.15, 0.2) is 24.3 Å². The number of benzene rings is 1. The first-order chi connectivity index (χ1) is 10.2. The van der Waals surface area contributed by atoms with Crippen molar-refractivity contribution in [1.82, 2.24) is 4.90 Å². The summed E-state index contributed by atoms with van der Waals surface area (Å²) in [6, 6.07) is 10.1. The molecule has 21 heavy (non-hydrogen) atoms. The summed E-state index contributed by atoms with van der Waals surface area (Å²) in [5.41, 5.74) is 7.34. The molecule has 118 valence electrons. The monoisotopic (exact) mass is 290 g/mol. The molecule has 0 saturated carbocycles. The van der Waals surface area contributed by atoms with E-state index in [1.165, 1.54) is 24.8 Å². The third kappa shape index (κ3) is 3.98. The van der Waals surface area contributed by atoms with E-state index in [9.17, 15) is 0 Å². The molecule has 3 unspecified atom stereocenters. The second kappa shape index (κ2) is 7.81. The molecule has 3 atom stereocenters. The quantitative estimate of drug-likeness (QED) is 0.867. The van der Waals surface area contributed by atoms with Gasteiger partial charge in [0.25, 0.3) is 0 Å². The highest BCUT2D eigenvalue weighted by atomic mass is 16.5. The average Bonchev–Trinajstić information content (AvgIpc) is 2.52. The summed E-state index contributed by atoms with van der Waals surface area (Å²) in [5.74, 6) is 0.967. The van der Waals surface area contributed by atoms with E-state index in [0.29, 0.717) is 18.1 Å². The van der Waals surface area contributed by atoms with Crippen molar-refractivity contribution in [3.63, 3.8) is 0 Å². The molecule has 1 aromatic carbocycles. The van der Waals surface area contributed by atoms with E-state index in [-0.39, 0.29) is 0 Å². The second-order valence-corrected chi connectivity index (χ2v) is 6.21. The van der Waals surface area contributed by atoms with E-state index in [0.717, 1.165) is 25.3 Å². The molecular formula is C18H30N2O. The van der Waals surface area contributed by atoms with Gasteiger partial charge in [-0.3, -0.25) is 4.90 Å². The molecule has 3 heteroatoms. The number of hydrogen-bond acceptors (Lipinski definition) is 3. The Morgan fingerprint density at radius 2 is 2.00 bits per heavy atom. The Hall–Kier alpha value is -1.06. The van der Waals surface area contributed by atoms with Gasteiger partial charge in [0.15, 0.2) is 0 Å². The lowest BCUT2D eigenvalue weighted by atomic mass is 9.92. The van der Waals surface area contributed by atoms with Crippen LogP contribution in [0.4, 0.5) is 0 Å². The first-order valence-corrected chi connectivity index (χ1v) is 8.37. The first kappa shape index (κ1) is 16.3. The standard InChI is InChI=1S/C18H30N2O/c1-4-12-21-18-10-8-16(9-11-18)15(3)20-14(2)6-5-7-17(20)13-19/h8-11,14-15,17H,4-7,12-13,19H2,1-3H3. The van der Waals surface area contributed by atoms with Gasteiger partial charge in [-0.25, -0.2) is 0 Å². The Kier molecular flexibility index (Phi) is 6.07. The molecule has 2 rings (SSSR count). The fraction of sp³-hybridized carbons (Fsp3) is 0.667. The minimum Gasteiger partial charge on any atom is -0.494 e. The van der Waals surface area contributed by atoms with Crippen LogP contribution in [0.2, 0.25) is 0 Å². The third-order valence-electron chi connectivity index (χ3n) is 4.64. The Bertz CT molecular complexity index is 418. The zero-order valence-corrected chi connectivity index (χ0v) is 13.7. The lowest BCUT2D eigenvalue weighted by Crippen LogP contribution is -2.49. The molecule has 0 bridgehead atoms. The number of nitrogens with zero attached hydrogens (tertiary/aromatic N) is 1. The fourth-order valence-corrected chi connectivity index (χ4v) is 3.48. The van der Waals surface area contributed by atoms with Gasteiger partial charge in [-0.1, -0.05) is 25.5 Å². The molecule has 0 spiro atoms. The van der Waals surface area contributed by atoms with Gasteiger partial charge in [0.2, 0.25) is 0 Å². The fourth-order valence-electron chi connectivity index (χ4n) is 3.48. The molecule has 1 fully saturated rings. The molecule has 3 nitrogen and oxygen atoms in total. The number of hydrogen-bond donors (Lipinski definition) is 1. The molecule has 2 N–H and O–H groups in total. The van der Waals surface area contributed by atoms with E-state index in [4.69, 9.17) is 10.5 Å². The van der Waals surface area contributed by atoms with Gasteiger partial charge >= 0.3 is 0 Å².